The molecule has 0 aromatic heterocycles. The molecule has 1 aromatic carbocycles. The summed E-state index contributed by atoms with van der Waals surface area (Å²) in [6.45, 7) is 12.6. The summed E-state index contributed by atoms with van der Waals surface area (Å²) in [5.74, 6) is 0.568. The zero-order valence-electron chi connectivity index (χ0n) is 22.7. The first kappa shape index (κ1) is 29.7. The number of β-lactam (4-membered cyclic amide) rings is 1. The molecule has 0 N–H and O–H groups in total. The molecule has 37 heavy (non-hydrogen) atoms. The van der Waals surface area contributed by atoms with Crippen molar-refractivity contribution in [3.8, 4) is 5.75 Å². The summed E-state index contributed by atoms with van der Waals surface area (Å²) in [7, 11) is -0.595. The molecule has 0 radical (unpaired) electrons. The van der Waals surface area contributed by atoms with Crippen LogP contribution in [0.4, 0.5) is 0 Å². The fourth-order valence-corrected chi connectivity index (χ4v) is 6.96. The molecule has 1 saturated heterocycles. The van der Waals surface area contributed by atoms with E-state index in [9.17, 15) is 14.4 Å². The van der Waals surface area contributed by atoms with Gasteiger partial charge >= 0.3 is 5.97 Å². The molecule has 0 bridgehead atoms. The van der Waals surface area contributed by atoms with E-state index in [1.807, 2.05) is 13.0 Å². The number of Topliss-reactive ketones (excluding diaryl/α,β-unsaturated/α-hetero) is 1. The number of carbonyl (C=O) groups excluding carboxylic acids is 3. The Balaban J connectivity index is 1.73. The van der Waals surface area contributed by atoms with Crippen LogP contribution in [-0.2, 0) is 30.2 Å². The number of ether oxygens (including phenoxy) is 2. The quantitative estimate of drug-likeness (QED) is 0.120. The van der Waals surface area contributed by atoms with Crippen molar-refractivity contribution in [2.45, 2.75) is 76.5 Å². The van der Waals surface area contributed by atoms with Crippen molar-refractivity contribution in [3.05, 3.63) is 41.5 Å². The van der Waals surface area contributed by atoms with Crippen LogP contribution in [0, 0.1) is 5.92 Å². The SMILES string of the molecule is COc1ccc(COC(=O)C(Cl)N2C(=O)[C@H]([C@@H](C)O[Si](C)(C)C(C)(C)C)[C@H]2CC(=O)C2=CCSC2)cc1. The first-order valence-corrected chi connectivity index (χ1v) is 17.0. The van der Waals surface area contributed by atoms with Gasteiger partial charge in [-0.1, -0.05) is 50.6 Å². The lowest BCUT2D eigenvalue weighted by atomic mass is 9.79. The van der Waals surface area contributed by atoms with Gasteiger partial charge in [-0.2, -0.15) is 11.8 Å². The second-order valence-electron chi connectivity index (χ2n) is 11.1. The number of hydrogen-bond donors (Lipinski definition) is 0. The Bertz CT molecular complexity index is 1040. The minimum Gasteiger partial charge on any atom is -0.497 e. The van der Waals surface area contributed by atoms with E-state index in [4.69, 9.17) is 25.5 Å². The van der Waals surface area contributed by atoms with Crippen LogP contribution in [0.2, 0.25) is 18.1 Å². The van der Waals surface area contributed by atoms with E-state index in [0.717, 1.165) is 16.9 Å². The number of benzene rings is 1. The van der Waals surface area contributed by atoms with Crippen LogP contribution >= 0.6 is 23.4 Å². The fraction of sp³-hybridized carbons (Fsp3) is 0.593. The molecule has 2 heterocycles. The number of carbonyl (C=O) groups is 3. The molecule has 2 aliphatic heterocycles. The maximum atomic E-state index is 13.4. The normalized spacial score (nSPS) is 21.7. The summed E-state index contributed by atoms with van der Waals surface area (Å²) < 4.78 is 17.1. The number of likely N-dealkylation sites (tertiary alicyclic amines) is 1. The Morgan fingerprint density at radius 3 is 2.41 bits per heavy atom. The summed E-state index contributed by atoms with van der Waals surface area (Å²) in [5, 5.41) is -0.0365. The van der Waals surface area contributed by atoms with E-state index in [1.165, 1.54) is 4.90 Å². The highest BCUT2D eigenvalue weighted by atomic mass is 35.5. The largest absolute Gasteiger partial charge is 0.497 e. The zero-order chi connectivity index (χ0) is 27.5. The third-order valence-corrected chi connectivity index (χ3v) is 13.4. The lowest BCUT2D eigenvalue weighted by Crippen LogP contribution is -2.69. The molecule has 0 saturated carbocycles. The summed E-state index contributed by atoms with van der Waals surface area (Å²) >= 11 is 8.18. The standard InChI is InChI=1S/C27H38ClNO6SSi/c1-17(35-37(6,7)27(2,3)4)23-21(14-22(30)19-12-13-36-16-19)29(25(23)31)24(28)26(32)34-15-18-8-10-20(33-5)11-9-18/h8-12,17,21,23-24H,13-16H2,1-7H3/t17-,21-,23-,24?/m1/s1. The van der Waals surface area contributed by atoms with E-state index < -0.39 is 37.9 Å². The molecule has 0 aliphatic carbocycles. The number of alkyl halides is 1. The maximum absolute atomic E-state index is 13.4. The van der Waals surface area contributed by atoms with Gasteiger partial charge in [0.2, 0.25) is 11.4 Å². The van der Waals surface area contributed by atoms with Gasteiger partial charge in [0.15, 0.2) is 14.1 Å². The van der Waals surface area contributed by atoms with Gasteiger partial charge in [-0.3, -0.25) is 9.59 Å². The van der Waals surface area contributed by atoms with E-state index in [0.29, 0.717) is 11.5 Å². The van der Waals surface area contributed by atoms with Gasteiger partial charge in [0.05, 0.1) is 25.2 Å². The maximum Gasteiger partial charge on any atom is 0.344 e. The molecular formula is C27H38ClNO6SSi. The van der Waals surface area contributed by atoms with Crippen LogP contribution in [-0.4, -0.2) is 67.1 Å². The number of esters is 1. The fourth-order valence-electron chi connectivity index (χ4n) is 4.29. The number of halogens is 1. The number of methoxy groups -OCH3 is 1. The highest BCUT2D eigenvalue weighted by Crippen LogP contribution is 2.42. The molecule has 3 rings (SSSR count). The van der Waals surface area contributed by atoms with Gasteiger partial charge in [-0.25, -0.2) is 4.79 Å². The molecule has 0 spiro atoms. The van der Waals surface area contributed by atoms with Crippen molar-refractivity contribution in [1.29, 1.82) is 0 Å². The zero-order valence-corrected chi connectivity index (χ0v) is 25.3. The van der Waals surface area contributed by atoms with Crippen molar-refractivity contribution in [1.82, 2.24) is 4.90 Å². The Labute approximate surface area is 230 Å². The van der Waals surface area contributed by atoms with Crippen molar-refractivity contribution in [2.24, 2.45) is 5.92 Å². The number of nitrogens with zero attached hydrogens (tertiary/aromatic N) is 1. The summed E-state index contributed by atoms with van der Waals surface area (Å²) in [6, 6.07) is 6.57. The van der Waals surface area contributed by atoms with Crippen LogP contribution in [0.15, 0.2) is 35.9 Å². The van der Waals surface area contributed by atoms with Crippen LogP contribution in [0.1, 0.15) is 39.7 Å². The third kappa shape index (κ3) is 6.80. The van der Waals surface area contributed by atoms with Crippen molar-refractivity contribution in [2.75, 3.05) is 18.6 Å². The number of rotatable bonds is 11. The van der Waals surface area contributed by atoms with Gasteiger partial charge < -0.3 is 18.8 Å². The lowest BCUT2D eigenvalue weighted by Gasteiger charge is -2.52. The minimum atomic E-state index is -2.17. The van der Waals surface area contributed by atoms with Crippen molar-refractivity contribution < 1.29 is 28.3 Å². The van der Waals surface area contributed by atoms with Gasteiger partial charge in [0.1, 0.15) is 12.4 Å². The average Bonchev–Trinajstić information content (AvgIpc) is 3.36. The lowest BCUT2D eigenvalue weighted by molar-refractivity contribution is -0.174. The molecule has 1 aromatic rings. The molecule has 7 nitrogen and oxygen atoms in total. The Morgan fingerprint density at radius 1 is 1.22 bits per heavy atom. The molecule has 204 valence electrons. The number of hydrogen-bond acceptors (Lipinski definition) is 7. The molecule has 2 aliphatic rings. The van der Waals surface area contributed by atoms with E-state index in [2.05, 4.69) is 33.9 Å². The first-order chi connectivity index (χ1) is 17.3. The Hall–Kier alpha value is -1.81. The second kappa shape index (κ2) is 11.9. The minimum absolute atomic E-state index is 0.0100. The Morgan fingerprint density at radius 2 is 1.86 bits per heavy atom. The van der Waals surface area contributed by atoms with Crippen LogP contribution in [0.25, 0.3) is 0 Å². The molecule has 10 heteroatoms. The monoisotopic (exact) mass is 567 g/mol. The van der Waals surface area contributed by atoms with E-state index in [1.54, 1.807) is 43.1 Å². The molecule has 1 unspecified atom stereocenters. The first-order valence-electron chi connectivity index (χ1n) is 12.5. The Kier molecular flexibility index (Phi) is 9.59. The van der Waals surface area contributed by atoms with Crippen LogP contribution < -0.4 is 4.74 Å². The van der Waals surface area contributed by atoms with Gasteiger partial charge in [0, 0.05) is 23.5 Å². The predicted octanol–water partition coefficient (Wildman–Crippen LogP) is 5.17. The van der Waals surface area contributed by atoms with Crippen LogP contribution in [0.3, 0.4) is 0 Å². The highest BCUT2D eigenvalue weighted by Gasteiger charge is 2.56. The molecule has 1 amide bonds. The van der Waals surface area contributed by atoms with Gasteiger partial charge in [0.25, 0.3) is 0 Å². The smallest absolute Gasteiger partial charge is 0.344 e. The molecular weight excluding hydrogens is 530 g/mol. The topological polar surface area (TPSA) is 82.1 Å². The summed E-state index contributed by atoms with van der Waals surface area (Å²) in [6.07, 6.45) is 1.63. The van der Waals surface area contributed by atoms with Crippen molar-refractivity contribution in [3.63, 3.8) is 0 Å². The number of ketones is 1. The molecule has 1 fully saturated rings. The van der Waals surface area contributed by atoms with Crippen molar-refractivity contribution >= 4 is 49.3 Å². The second-order valence-corrected chi connectivity index (χ2v) is 17.3. The third-order valence-electron chi connectivity index (χ3n) is 7.54. The average molecular weight is 568 g/mol. The summed E-state index contributed by atoms with van der Waals surface area (Å²) in [5.41, 5.74) is 0.195. The highest BCUT2D eigenvalue weighted by molar-refractivity contribution is 7.99. The van der Waals surface area contributed by atoms with E-state index >= 15 is 0 Å². The summed E-state index contributed by atoms with van der Waals surface area (Å²) in [4.78, 5) is 40.6. The molecule has 4 atom stereocenters. The number of thioether (sulfide) groups is 1. The van der Waals surface area contributed by atoms with Gasteiger partial charge in [-0.15, -0.1) is 0 Å². The predicted molar refractivity (Wildman–Crippen MR) is 149 cm³/mol. The van der Waals surface area contributed by atoms with E-state index in [-0.39, 0.29) is 29.8 Å². The van der Waals surface area contributed by atoms with Crippen LogP contribution in [0.5, 0.6) is 5.75 Å². The number of amides is 1. The van der Waals surface area contributed by atoms with Gasteiger partial charge in [-0.05, 0) is 42.8 Å².